The van der Waals surface area contributed by atoms with Gasteiger partial charge in [-0.2, -0.15) is 0 Å². The second kappa shape index (κ2) is 8.16. The Morgan fingerprint density at radius 3 is 1.48 bits per heavy atom. The zero-order valence-corrected chi connectivity index (χ0v) is 15.6. The van der Waals surface area contributed by atoms with Gasteiger partial charge in [0.2, 0.25) is 0 Å². The van der Waals surface area contributed by atoms with E-state index in [-0.39, 0.29) is 0 Å². The maximum Gasteiger partial charge on any atom is 0.0816 e. The van der Waals surface area contributed by atoms with Crippen molar-refractivity contribution in [3.8, 4) is 0 Å². The van der Waals surface area contributed by atoms with Gasteiger partial charge in [0, 0.05) is 27.9 Å². The Hall–Kier alpha value is -1.06. The van der Waals surface area contributed by atoms with Crippen molar-refractivity contribution in [1.82, 2.24) is 0 Å². The quantitative estimate of drug-likeness (QED) is 0.483. The first-order valence-electron chi connectivity index (χ1n) is 6.83. The molecule has 0 aliphatic rings. The molecule has 2 aromatic rings. The van der Waals surface area contributed by atoms with Gasteiger partial charge in [0.25, 0.3) is 0 Å². The molecule has 2 aromatic carbocycles. The van der Waals surface area contributed by atoms with Crippen molar-refractivity contribution in [2.24, 2.45) is 9.98 Å². The highest BCUT2D eigenvalue weighted by atomic mass is 35.5. The number of aliphatic imine (C=N–C) groups is 2. The number of hydrogen-bond donors (Lipinski definition) is 0. The van der Waals surface area contributed by atoms with Crippen LogP contribution in [-0.2, 0) is 0 Å². The Morgan fingerprint density at radius 2 is 1.13 bits per heavy atom. The third kappa shape index (κ3) is 5.50. The number of rotatable bonds is 4. The van der Waals surface area contributed by atoms with Crippen LogP contribution in [0.15, 0.2) is 46.4 Å². The van der Waals surface area contributed by atoms with Gasteiger partial charge in [0.15, 0.2) is 0 Å². The van der Waals surface area contributed by atoms with E-state index in [2.05, 4.69) is 9.98 Å². The molecule has 120 valence electrons. The number of halogens is 4. The van der Waals surface area contributed by atoms with Crippen molar-refractivity contribution in [2.45, 2.75) is 20.3 Å². The molecule has 0 N–H and O–H groups in total. The molecule has 23 heavy (non-hydrogen) atoms. The minimum absolute atomic E-state index is 0.521. The van der Waals surface area contributed by atoms with Gasteiger partial charge in [0.05, 0.1) is 21.4 Å². The second-order valence-corrected chi connectivity index (χ2v) is 6.75. The molecule has 0 atom stereocenters. The number of nitrogens with zero attached hydrogens (tertiary/aromatic N) is 2. The highest BCUT2D eigenvalue weighted by Crippen LogP contribution is 2.29. The highest BCUT2D eigenvalue weighted by molar-refractivity contribution is 6.37. The van der Waals surface area contributed by atoms with Crippen molar-refractivity contribution in [3.05, 3.63) is 56.5 Å². The van der Waals surface area contributed by atoms with E-state index in [0.717, 1.165) is 11.4 Å². The van der Waals surface area contributed by atoms with Crippen LogP contribution in [-0.4, -0.2) is 11.4 Å². The molecule has 6 heteroatoms. The fraction of sp³-hybridized carbons (Fsp3) is 0.176. The number of benzene rings is 2. The highest BCUT2D eigenvalue weighted by Gasteiger charge is 2.04. The van der Waals surface area contributed by atoms with E-state index in [9.17, 15) is 0 Å². The SMILES string of the molecule is CC(CC(C)=Nc1ccc(Cl)cc1Cl)=Nc1ccc(Cl)cc1Cl. The fourth-order valence-corrected chi connectivity index (χ4v) is 2.91. The second-order valence-electron chi connectivity index (χ2n) is 5.06. The summed E-state index contributed by atoms with van der Waals surface area (Å²) in [5.41, 5.74) is 3.15. The molecule has 0 aliphatic heterocycles. The van der Waals surface area contributed by atoms with E-state index in [4.69, 9.17) is 46.4 Å². The van der Waals surface area contributed by atoms with Crippen LogP contribution in [0, 0.1) is 0 Å². The van der Waals surface area contributed by atoms with Gasteiger partial charge in [-0.15, -0.1) is 0 Å². The summed E-state index contributed by atoms with van der Waals surface area (Å²) in [6, 6.07) is 10.4. The van der Waals surface area contributed by atoms with Gasteiger partial charge in [-0.25, -0.2) is 0 Å². The lowest BCUT2D eigenvalue weighted by molar-refractivity contribution is 1.37. The molecule has 0 unspecified atom stereocenters. The van der Waals surface area contributed by atoms with Crippen LogP contribution in [0.2, 0.25) is 20.1 Å². The third-order valence-corrected chi connectivity index (χ3v) is 4.03. The fourth-order valence-electron chi connectivity index (χ4n) is 2.00. The smallest absolute Gasteiger partial charge is 0.0816 e. The molecule has 0 heterocycles. The van der Waals surface area contributed by atoms with E-state index in [1.165, 1.54) is 0 Å². The van der Waals surface area contributed by atoms with E-state index >= 15 is 0 Å². The first-order valence-corrected chi connectivity index (χ1v) is 8.35. The van der Waals surface area contributed by atoms with Gasteiger partial charge < -0.3 is 0 Å². The lowest BCUT2D eigenvalue weighted by atomic mass is 10.2. The molecule has 0 saturated carbocycles. The van der Waals surface area contributed by atoms with Crippen LogP contribution in [0.1, 0.15) is 20.3 Å². The van der Waals surface area contributed by atoms with Gasteiger partial charge >= 0.3 is 0 Å². The van der Waals surface area contributed by atoms with Gasteiger partial charge in [0.1, 0.15) is 0 Å². The zero-order valence-electron chi connectivity index (χ0n) is 12.6. The van der Waals surface area contributed by atoms with Crippen molar-refractivity contribution >= 4 is 69.2 Å². The van der Waals surface area contributed by atoms with E-state index in [1.54, 1.807) is 36.4 Å². The van der Waals surface area contributed by atoms with Crippen LogP contribution in [0.25, 0.3) is 0 Å². The van der Waals surface area contributed by atoms with Crippen LogP contribution in [0.3, 0.4) is 0 Å². The topological polar surface area (TPSA) is 24.7 Å². The standard InChI is InChI=1S/C17H14Cl4N2/c1-10(22-16-5-3-12(18)8-14(16)20)7-11(2)23-17-6-4-13(19)9-15(17)21/h3-6,8-9H,7H2,1-2H3. The van der Waals surface area contributed by atoms with E-state index in [0.29, 0.717) is 37.9 Å². The predicted molar refractivity (Wildman–Crippen MR) is 103 cm³/mol. The molecule has 0 aliphatic carbocycles. The lowest BCUT2D eigenvalue weighted by Crippen LogP contribution is -2.00. The molecule has 0 fully saturated rings. The molecule has 0 amide bonds. The summed E-state index contributed by atoms with van der Waals surface area (Å²) >= 11 is 24.0. The lowest BCUT2D eigenvalue weighted by Gasteiger charge is -2.05. The van der Waals surface area contributed by atoms with Crippen LogP contribution in [0.5, 0.6) is 0 Å². The van der Waals surface area contributed by atoms with Crippen molar-refractivity contribution < 1.29 is 0 Å². The van der Waals surface area contributed by atoms with Crippen LogP contribution < -0.4 is 0 Å². The monoisotopic (exact) mass is 386 g/mol. The maximum atomic E-state index is 6.12. The average Bonchev–Trinajstić information content (AvgIpc) is 2.45. The molecule has 0 saturated heterocycles. The first kappa shape index (κ1) is 18.3. The number of hydrogen-bond acceptors (Lipinski definition) is 2. The van der Waals surface area contributed by atoms with E-state index in [1.807, 2.05) is 13.8 Å². The Labute approximate surface area is 155 Å². The Balaban J connectivity index is 2.16. The molecular formula is C17H14Cl4N2. The summed E-state index contributed by atoms with van der Waals surface area (Å²) in [7, 11) is 0. The molecule has 2 rings (SSSR count). The van der Waals surface area contributed by atoms with Crippen molar-refractivity contribution in [3.63, 3.8) is 0 Å². The maximum absolute atomic E-state index is 6.12. The van der Waals surface area contributed by atoms with Gasteiger partial charge in [-0.3, -0.25) is 9.98 Å². The zero-order chi connectivity index (χ0) is 17.0. The summed E-state index contributed by atoms with van der Waals surface area (Å²) in [6.45, 7) is 3.85. The minimum Gasteiger partial charge on any atom is -0.256 e. The Bertz CT molecular complexity index is 717. The minimum atomic E-state index is 0.521. The molecular weight excluding hydrogens is 374 g/mol. The largest absolute Gasteiger partial charge is 0.256 e. The summed E-state index contributed by atoms with van der Waals surface area (Å²) in [5, 5.41) is 2.21. The Kier molecular flexibility index (Phi) is 6.49. The van der Waals surface area contributed by atoms with Crippen molar-refractivity contribution in [2.75, 3.05) is 0 Å². The summed E-state index contributed by atoms with van der Waals surface area (Å²) in [4.78, 5) is 9.02. The third-order valence-electron chi connectivity index (χ3n) is 2.95. The molecule has 0 spiro atoms. The molecule has 2 nitrogen and oxygen atoms in total. The summed E-state index contributed by atoms with van der Waals surface area (Å²) in [6.07, 6.45) is 0.609. The van der Waals surface area contributed by atoms with E-state index < -0.39 is 0 Å². The first-order chi connectivity index (χ1) is 10.8. The van der Waals surface area contributed by atoms with Gasteiger partial charge in [-0.1, -0.05) is 46.4 Å². The van der Waals surface area contributed by atoms with Crippen LogP contribution >= 0.6 is 46.4 Å². The Morgan fingerprint density at radius 1 is 0.739 bits per heavy atom. The predicted octanol–water partition coefficient (Wildman–Crippen LogP) is 7.58. The molecule has 0 radical (unpaired) electrons. The molecule has 0 bridgehead atoms. The van der Waals surface area contributed by atoms with Crippen LogP contribution in [0.4, 0.5) is 11.4 Å². The molecule has 0 aromatic heterocycles. The van der Waals surface area contributed by atoms with Gasteiger partial charge in [-0.05, 0) is 50.2 Å². The van der Waals surface area contributed by atoms with Crippen molar-refractivity contribution in [1.29, 1.82) is 0 Å². The normalized spacial score (nSPS) is 12.6. The summed E-state index contributed by atoms with van der Waals surface area (Å²) < 4.78 is 0. The summed E-state index contributed by atoms with van der Waals surface area (Å²) in [5.74, 6) is 0. The average molecular weight is 388 g/mol.